The molecule has 0 aromatic carbocycles. The summed E-state index contributed by atoms with van der Waals surface area (Å²) in [4.78, 5) is 0. The van der Waals surface area contributed by atoms with Gasteiger partial charge in [0.05, 0.1) is 0 Å². The van der Waals surface area contributed by atoms with Crippen LogP contribution in [0.1, 0.15) is 0 Å². The topological polar surface area (TPSA) is 31.5 Å². The first kappa shape index (κ1) is 38.1. The third-order valence-corrected chi connectivity index (χ3v) is 0. The summed E-state index contributed by atoms with van der Waals surface area (Å²) in [6, 6.07) is 0. The van der Waals surface area contributed by atoms with Crippen LogP contribution in [0.25, 0.3) is 0 Å². The minimum Gasteiger partial charge on any atom is 1.00 e. The summed E-state index contributed by atoms with van der Waals surface area (Å²) in [5, 5.41) is 0. The zero-order valence-corrected chi connectivity index (χ0v) is 15.9. The van der Waals surface area contributed by atoms with E-state index in [9.17, 15) is 0 Å². The monoisotopic (exact) mass is 431 g/mol. The van der Waals surface area contributed by atoms with Crippen LogP contribution in [0.3, 0.4) is 0 Å². The summed E-state index contributed by atoms with van der Waals surface area (Å²) in [7, 11) is 9.75. The van der Waals surface area contributed by atoms with Gasteiger partial charge < -0.3 is 30.3 Å². The molecule has 0 bridgehead atoms. The molecule has 0 fully saturated rings. The fourth-order valence-corrected chi connectivity index (χ4v) is 0. The van der Waals surface area contributed by atoms with E-state index in [0.29, 0.717) is 0 Å². The Hall–Kier alpha value is 5.08. The molecule has 2 N–H and O–H groups in total. The minimum absolute atomic E-state index is 0. The largest absolute Gasteiger partial charge is 1.00 e. The van der Waals surface area contributed by atoms with Gasteiger partial charge in [-0.05, 0) is 0 Å². The molecule has 0 aliphatic heterocycles. The Kier molecular flexibility index (Phi) is 191. The van der Waals surface area contributed by atoms with Crippen LogP contribution < -0.4 is 128 Å². The molecule has 0 saturated carbocycles. The van der Waals surface area contributed by atoms with Gasteiger partial charge in [-0.2, -0.15) is 0 Å². The van der Waals surface area contributed by atoms with Crippen molar-refractivity contribution in [3.63, 3.8) is 0 Å². The molecule has 0 saturated heterocycles. The van der Waals surface area contributed by atoms with Crippen molar-refractivity contribution in [1.29, 1.82) is 0 Å². The van der Waals surface area contributed by atoms with Crippen LogP contribution in [0, 0.1) is 0 Å². The van der Waals surface area contributed by atoms with Gasteiger partial charge >= 0.3 is 138 Å². The van der Waals surface area contributed by atoms with Crippen LogP contribution in [-0.4, -0.2) is 5.48 Å². The van der Waals surface area contributed by atoms with Crippen molar-refractivity contribution in [3.05, 3.63) is 0 Å². The number of rotatable bonds is 0. The first-order chi connectivity index (χ1) is 1.41. The predicted octanol–water partition coefficient (Wildman–Crippen LogP) is -11.4. The van der Waals surface area contributed by atoms with Crippen molar-refractivity contribution in [2.45, 2.75) is 0 Å². The first-order valence-electron chi connectivity index (χ1n) is 0.239. The van der Waals surface area contributed by atoms with Gasteiger partial charge in [0.2, 0.25) is 0 Å². The van der Waals surface area contributed by atoms with Crippen molar-refractivity contribution in [2.75, 3.05) is 0 Å². The molecule has 0 amide bonds. The Morgan fingerprint density at radius 2 is 0.875 bits per heavy atom. The van der Waals surface area contributed by atoms with E-state index >= 15 is 0 Å². The van der Waals surface area contributed by atoms with Crippen LogP contribution in [0.15, 0.2) is 0 Å². The summed E-state index contributed by atoms with van der Waals surface area (Å²) >= 11 is -0.472. The fraction of sp³-hybridized carbons (Fsp3) is 0. The molecule has 8 heteroatoms. The summed E-state index contributed by atoms with van der Waals surface area (Å²) in [6.07, 6.45) is 0. The third-order valence-electron chi connectivity index (χ3n) is 0. The Morgan fingerprint density at radius 3 is 0.875 bits per heavy atom. The van der Waals surface area contributed by atoms with Gasteiger partial charge in [0.25, 0.3) is 0 Å². The van der Waals surface area contributed by atoms with E-state index in [1.807, 2.05) is 0 Å². The second-order valence-corrected chi connectivity index (χ2v) is 3.33. The maximum Gasteiger partial charge on any atom is 1.00 e. The molecule has 0 aliphatic carbocycles. The molecule has 1 nitrogen and oxygen atoms in total. The van der Waals surface area contributed by atoms with E-state index in [1.54, 1.807) is 0 Å². The first-order valence-corrected chi connectivity index (χ1v) is 5.87. The van der Waals surface area contributed by atoms with Crippen molar-refractivity contribution in [3.8, 4) is 0 Å². The molecular weight excluding hydrogens is 431 g/mol. The van der Waals surface area contributed by atoms with Crippen molar-refractivity contribution < 1.29 is 150 Å². The number of hydrogen-bond acceptors (Lipinski definition) is 0. The molecule has 0 heterocycles. The second kappa shape index (κ2) is 40.1. The predicted molar refractivity (Wildman–Crippen MR) is 15.3 cm³/mol. The van der Waals surface area contributed by atoms with E-state index in [-0.39, 0.29) is 133 Å². The summed E-state index contributed by atoms with van der Waals surface area (Å²) < 4.78 is 0. The zero-order chi connectivity index (χ0) is 2.71. The molecule has 0 radical (unpaired) electrons. The van der Waals surface area contributed by atoms with Crippen molar-refractivity contribution in [1.82, 2.24) is 0 Å². The number of halogens is 4. The van der Waals surface area contributed by atoms with E-state index < -0.39 is 16.5 Å². The average Bonchev–Trinajstić information content (AvgIpc) is 0.918. The van der Waals surface area contributed by atoms with E-state index in [0.717, 1.165) is 0 Å². The maximum atomic E-state index is 4.88. The SMILES string of the molecule is O.[Cl-].[Cl-].[Cl][Pt][Cl].[K+].[K+]. The summed E-state index contributed by atoms with van der Waals surface area (Å²) in [6.45, 7) is 0. The molecule has 0 aromatic heterocycles. The molecule has 0 unspecified atom stereocenters. The van der Waals surface area contributed by atoms with Crippen LogP contribution in [0.5, 0.6) is 0 Å². The van der Waals surface area contributed by atoms with Crippen LogP contribution in [0.4, 0.5) is 0 Å². The van der Waals surface area contributed by atoms with Gasteiger partial charge in [0, 0.05) is 0 Å². The zero-order valence-electron chi connectivity index (χ0n) is 4.33. The van der Waals surface area contributed by atoms with Gasteiger partial charge in [-0.3, -0.25) is 0 Å². The molecule has 0 rings (SSSR count). The standard InChI is InChI=1S/4ClH.2K.H2O.Pt/h4*1H;;;1H2;/q;;;;2*+1;;+2/p-4. The molecule has 0 atom stereocenters. The van der Waals surface area contributed by atoms with Crippen LogP contribution in [0.2, 0.25) is 0 Å². The smallest absolute Gasteiger partial charge is 1.00 e. The Balaban J connectivity index is -0.00000000200. The van der Waals surface area contributed by atoms with Crippen molar-refractivity contribution in [2.24, 2.45) is 0 Å². The molecule has 8 heavy (non-hydrogen) atoms. The molecule has 0 aromatic rings. The van der Waals surface area contributed by atoms with Gasteiger partial charge in [0.15, 0.2) is 0 Å². The quantitative estimate of drug-likeness (QED) is 0.340. The number of hydrogen-bond donors (Lipinski definition) is 0. The second-order valence-electron chi connectivity index (χ2n) is 0.0452. The van der Waals surface area contributed by atoms with Gasteiger partial charge in [0.1, 0.15) is 0 Å². The normalized spacial score (nSPS) is 2.75. The van der Waals surface area contributed by atoms with Crippen LogP contribution in [-0.2, 0) is 16.5 Å². The molecular formula is H2Cl4K2OPt. The van der Waals surface area contributed by atoms with Gasteiger partial charge in [-0.1, -0.05) is 0 Å². The minimum atomic E-state index is -0.472. The maximum absolute atomic E-state index is 4.88. The molecule has 0 spiro atoms. The Labute approximate surface area is 163 Å². The fourth-order valence-electron chi connectivity index (χ4n) is 0. The van der Waals surface area contributed by atoms with Gasteiger partial charge in [-0.15, -0.1) is 0 Å². The summed E-state index contributed by atoms with van der Waals surface area (Å²) in [5.74, 6) is 0. The van der Waals surface area contributed by atoms with E-state index in [2.05, 4.69) is 0 Å². The summed E-state index contributed by atoms with van der Waals surface area (Å²) in [5.41, 5.74) is 0. The third kappa shape index (κ3) is 43.6. The van der Waals surface area contributed by atoms with Crippen molar-refractivity contribution >= 4 is 18.8 Å². The average molecular weight is 433 g/mol. The van der Waals surface area contributed by atoms with E-state index in [4.69, 9.17) is 18.8 Å². The Morgan fingerprint density at radius 1 is 0.875 bits per heavy atom. The van der Waals surface area contributed by atoms with Crippen LogP contribution >= 0.6 is 18.8 Å². The van der Waals surface area contributed by atoms with E-state index in [1.165, 1.54) is 0 Å². The molecule has 0 aliphatic rings. The van der Waals surface area contributed by atoms with Gasteiger partial charge in [-0.25, -0.2) is 0 Å². The Bertz CT molecular complexity index is 14.0. The molecule has 48 valence electrons.